The Labute approximate surface area is 111 Å². The molecule has 0 aromatic rings. The summed E-state index contributed by atoms with van der Waals surface area (Å²) in [7, 11) is 0. The Kier molecular flexibility index (Phi) is 6.65. The standard InChI is InChI=1S/C14H28N2O2/c1-2-3-4-5-6-10-16(11-7-12-17)13(18)14(15)8-9-14/h17H,2-12,15H2,1H3. The highest BCUT2D eigenvalue weighted by atomic mass is 16.3. The van der Waals surface area contributed by atoms with Crippen LogP contribution >= 0.6 is 0 Å². The number of rotatable bonds is 10. The molecule has 106 valence electrons. The second kappa shape index (κ2) is 7.74. The van der Waals surface area contributed by atoms with Crippen molar-refractivity contribution in [2.24, 2.45) is 5.73 Å². The predicted molar refractivity (Wildman–Crippen MR) is 73.2 cm³/mol. The van der Waals surface area contributed by atoms with Crippen LogP contribution in [0.2, 0.25) is 0 Å². The molecule has 3 N–H and O–H groups in total. The summed E-state index contributed by atoms with van der Waals surface area (Å²) in [6, 6.07) is 0. The number of carbonyl (C=O) groups is 1. The van der Waals surface area contributed by atoms with Crippen LogP contribution in [0.3, 0.4) is 0 Å². The van der Waals surface area contributed by atoms with Crippen molar-refractivity contribution in [3.63, 3.8) is 0 Å². The topological polar surface area (TPSA) is 66.6 Å². The third kappa shape index (κ3) is 4.94. The molecule has 1 rings (SSSR count). The van der Waals surface area contributed by atoms with E-state index in [2.05, 4.69) is 6.92 Å². The van der Waals surface area contributed by atoms with Crippen LogP contribution in [0.1, 0.15) is 58.3 Å². The third-order valence-corrected chi connectivity index (χ3v) is 3.62. The first-order valence-electron chi connectivity index (χ1n) is 7.33. The van der Waals surface area contributed by atoms with Crippen LogP contribution in [0.25, 0.3) is 0 Å². The summed E-state index contributed by atoms with van der Waals surface area (Å²) >= 11 is 0. The van der Waals surface area contributed by atoms with Gasteiger partial charge in [-0.1, -0.05) is 32.6 Å². The van der Waals surface area contributed by atoms with Crippen LogP contribution in [-0.4, -0.2) is 41.1 Å². The van der Waals surface area contributed by atoms with E-state index in [0.717, 1.165) is 25.8 Å². The van der Waals surface area contributed by atoms with E-state index < -0.39 is 5.54 Å². The molecule has 0 radical (unpaired) electrons. The van der Waals surface area contributed by atoms with Gasteiger partial charge in [-0.2, -0.15) is 0 Å². The Bertz CT molecular complexity index is 252. The van der Waals surface area contributed by atoms with Crippen molar-refractivity contribution >= 4 is 5.91 Å². The molecule has 0 atom stereocenters. The maximum Gasteiger partial charge on any atom is 0.242 e. The van der Waals surface area contributed by atoms with Crippen molar-refractivity contribution in [1.29, 1.82) is 0 Å². The van der Waals surface area contributed by atoms with Gasteiger partial charge in [-0.15, -0.1) is 0 Å². The van der Waals surface area contributed by atoms with E-state index in [1.807, 2.05) is 4.90 Å². The fourth-order valence-electron chi connectivity index (χ4n) is 2.15. The van der Waals surface area contributed by atoms with Crippen molar-refractivity contribution in [3.8, 4) is 0 Å². The van der Waals surface area contributed by atoms with Gasteiger partial charge in [0.1, 0.15) is 0 Å². The fraction of sp³-hybridized carbons (Fsp3) is 0.929. The zero-order valence-corrected chi connectivity index (χ0v) is 11.7. The molecular weight excluding hydrogens is 228 g/mol. The highest BCUT2D eigenvalue weighted by Gasteiger charge is 2.47. The second-order valence-electron chi connectivity index (χ2n) is 5.44. The summed E-state index contributed by atoms with van der Waals surface area (Å²) in [5.74, 6) is 0.0893. The zero-order chi connectivity index (χ0) is 13.4. The van der Waals surface area contributed by atoms with Crippen molar-refractivity contribution in [2.75, 3.05) is 19.7 Å². The Balaban J connectivity index is 2.29. The van der Waals surface area contributed by atoms with Gasteiger partial charge in [-0.3, -0.25) is 4.79 Å². The Morgan fingerprint density at radius 3 is 2.33 bits per heavy atom. The van der Waals surface area contributed by atoms with Gasteiger partial charge in [0.15, 0.2) is 0 Å². The van der Waals surface area contributed by atoms with E-state index in [-0.39, 0.29) is 12.5 Å². The van der Waals surface area contributed by atoms with Gasteiger partial charge in [-0.25, -0.2) is 0 Å². The van der Waals surface area contributed by atoms with Gasteiger partial charge in [0.05, 0.1) is 5.54 Å². The summed E-state index contributed by atoms with van der Waals surface area (Å²) < 4.78 is 0. The lowest BCUT2D eigenvalue weighted by Crippen LogP contribution is -2.46. The fourth-order valence-corrected chi connectivity index (χ4v) is 2.15. The maximum absolute atomic E-state index is 12.2. The summed E-state index contributed by atoms with van der Waals surface area (Å²) in [6.45, 7) is 3.77. The molecule has 1 aliphatic carbocycles. The number of amides is 1. The number of nitrogens with two attached hydrogens (primary N) is 1. The number of aliphatic hydroxyl groups excluding tert-OH is 1. The van der Waals surface area contributed by atoms with Crippen LogP contribution in [0, 0.1) is 0 Å². The lowest BCUT2D eigenvalue weighted by atomic mass is 10.1. The molecule has 1 amide bonds. The van der Waals surface area contributed by atoms with E-state index in [0.29, 0.717) is 13.0 Å². The molecule has 0 aromatic heterocycles. The lowest BCUT2D eigenvalue weighted by molar-refractivity contribution is -0.133. The SMILES string of the molecule is CCCCCCCN(CCCO)C(=O)C1(N)CC1. The minimum atomic E-state index is -0.571. The van der Waals surface area contributed by atoms with Crippen LogP contribution in [0.4, 0.5) is 0 Å². The molecule has 0 aliphatic heterocycles. The molecule has 1 fully saturated rings. The number of hydrogen-bond acceptors (Lipinski definition) is 3. The van der Waals surface area contributed by atoms with Gasteiger partial charge in [0.2, 0.25) is 5.91 Å². The van der Waals surface area contributed by atoms with Gasteiger partial charge in [0.25, 0.3) is 0 Å². The second-order valence-corrected chi connectivity index (χ2v) is 5.44. The number of carbonyl (C=O) groups excluding carboxylic acids is 1. The minimum Gasteiger partial charge on any atom is -0.396 e. The van der Waals surface area contributed by atoms with E-state index in [1.165, 1.54) is 25.7 Å². The maximum atomic E-state index is 12.2. The van der Waals surface area contributed by atoms with E-state index in [9.17, 15) is 4.79 Å². The van der Waals surface area contributed by atoms with Crippen LogP contribution in [-0.2, 0) is 4.79 Å². The lowest BCUT2D eigenvalue weighted by Gasteiger charge is -2.25. The quantitative estimate of drug-likeness (QED) is 0.584. The molecular formula is C14H28N2O2. The molecule has 0 saturated heterocycles. The van der Waals surface area contributed by atoms with Gasteiger partial charge in [-0.05, 0) is 25.7 Å². The average Bonchev–Trinajstić information content (AvgIpc) is 3.11. The first-order chi connectivity index (χ1) is 8.64. The molecule has 4 nitrogen and oxygen atoms in total. The first-order valence-corrected chi connectivity index (χ1v) is 7.33. The van der Waals surface area contributed by atoms with Crippen LogP contribution in [0.5, 0.6) is 0 Å². The minimum absolute atomic E-state index is 0.0893. The van der Waals surface area contributed by atoms with Gasteiger partial charge < -0.3 is 15.7 Å². The van der Waals surface area contributed by atoms with E-state index in [4.69, 9.17) is 10.8 Å². The van der Waals surface area contributed by atoms with Crippen molar-refractivity contribution in [3.05, 3.63) is 0 Å². The average molecular weight is 256 g/mol. The van der Waals surface area contributed by atoms with Gasteiger partial charge in [0, 0.05) is 19.7 Å². The molecule has 0 aromatic carbocycles. The first kappa shape index (κ1) is 15.4. The number of unbranched alkanes of at least 4 members (excludes halogenated alkanes) is 4. The molecule has 4 heteroatoms. The van der Waals surface area contributed by atoms with E-state index in [1.54, 1.807) is 0 Å². The van der Waals surface area contributed by atoms with E-state index >= 15 is 0 Å². The summed E-state index contributed by atoms with van der Waals surface area (Å²) in [5.41, 5.74) is 5.39. The smallest absolute Gasteiger partial charge is 0.242 e. The Morgan fingerprint density at radius 2 is 1.78 bits per heavy atom. The Morgan fingerprint density at radius 1 is 1.17 bits per heavy atom. The third-order valence-electron chi connectivity index (χ3n) is 3.62. The van der Waals surface area contributed by atoms with Gasteiger partial charge >= 0.3 is 0 Å². The largest absolute Gasteiger partial charge is 0.396 e. The van der Waals surface area contributed by atoms with Crippen molar-refractivity contribution < 1.29 is 9.90 Å². The Hall–Kier alpha value is -0.610. The number of aliphatic hydroxyl groups is 1. The van der Waals surface area contributed by atoms with Crippen molar-refractivity contribution in [1.82, 2.24) is 4.90 Å². The summed E-state index contributed by atoms with van der Waals surface area (Å²) in [6.07, 6.45) is 8.25. The highest BCUT2D eigenvalue weighted by molar-refractivity contribution is 5.89. The molecule has 1 saturated carbocycles. The normalized spacial score (nSPS) is 16.6. The van der Waals surface area contributed by atoms with Crippen molar-refractivity contribution in [2.45, 2.75) is 63.8 Å². The molecule has 0 heterocycles. The molecule has 1 aliphatic rings. The molecule has 0 unspecified atom stereocenters. The number of hydrogen-bond donors (Lipinski definition) is 2. The zero-order valence-electron chi connectivity index (χ0n) is 11.7. The van der Waals surface area contributed by atoms with Crippen LogP contribution in [0.15, 0.2) is 0 Å². The summed E-state index contributed by atoms with van der Waals surface area (Å²) in [4.78, 5) is 14.0. The number of nitrogens with zero attached hydrogens (tertiary/aromatic N) is 1. The summed E-state index contributed by atoms with van der Waals surface area (Å²) in [5, 5.41) is 8.89. The molecule has 0 bridgehead atoms. The monoisotopic (exact) mass is 256 g/mol. The highest BCUT2D eigenvalue weighted by Crippen LogP contribution is 2.34. The molecule has 0 spiro atoms. The predicted octanol–water partition coefficient (Wildman–Crippen LogP) is 1.66. The molecule has 18 heavy (non-hydrogen) atoms. The van der Waals surface area contributed by atoms with Crippen LogP contribution < -0.4 is 5.73 Å².